The average molecular weight is 430 g/mol. The number of rotatable bonds is 6. The summed E-state index contributed by atoms with van der Waals surface area (Å²) in [7, 11) is 0. The van der Waals surface area contributed by atoms with Crippen LogP contribution in [0.2, 0.25) is 0 Å². The van der Waals surface area contributed by atoms with Crippen molar-refractivity contribution < 1.29 is 9.59 Å². The van der Waals surface area contributed by atoms with Crippen LogP contribution >= 0.6 is 0 Å². The van der Waals surface area contributed by atoms with Gasteiger partial charge in [-0.05, 0) is 56.7 Å². The number of nitrogens with zero attached hydrogens (tertiary/aromatic N) is 3. The van der Waals surface area contributed by atoms with Crippen LogP contribution in [-0.4, -0.2) is 21.8 Å². The Balaban J connectivity index is 1.57. The average Bonchev–Trinajstić information content (AvgIpc) is 3.10. The number of carbonyl (C=O) groups excluding carboxylic acids is 2. The molecule has 3 N–H and O–H groups in total. The van der Waals surface area contributed by atoms with Crippen LogP contribution in [0.1, 0.15) is 40.8 Å². The number of nitrogens with two attached hydrogens (primary N) is 1. The first-order chi connectivity index (χ1) is 15.3. The number of amides is 2. The Morgan fingerprint density at radius 2 is 1.66 bits per heavy atom. The molecule has 0 bridgehead atoms. The first-order valence-electron chi connectivity index (χ1n) is 10.6. The van der Waals surface area contributed by atoms with E-state index in [0.717, 1.165) is 39.7 Å². The van der Waals surface area contributed by atoms with E-state index in [2.05, 4.69) is 15.3 Å². The van der Waals surface area contributed by atoms with E-state index in [1.54, 1.807) is 4.90 Å². The number of hydrogen-bond acceptors (Lipinski definition) is 5. The lowest BCUT2D eigenvalue weighted by atomic mass is 9.92. The summed E-state index contributed by atoms with van der Waals surface area (Å²) in [6, 6.07) is 17.0. The van der Waals surface area contributed by atoms with E-state index >= 15 is 0 Å². The largest absolute Gasteiger partial charge is 0.378 e. The molecule has 164 valence electrons. The van der Waals surface area contributed by atoms with Gasteiger partial charge in [-0.25, -0.2) is 9.97 Å². The van der Waals surface area contributed by atoms with Crippen molar-refractivity contribution in [1.29, 1.82) is 0 Å². The normalized spacial score (nSPS) is 18.1. The Morgan fingerprint density at radius 1 is 1.03 bits per heavy atom. The fourth-order valence-electron chi connectivity index (χ4n) is 4.24. The smallest absolute Gasteiger partial charge is 0.228 e. The Kier molecular flexibility index (Phi) is 5.90. The number of primary amides is 1. The highest BCUT2D eigenvalue weighted by atomic mass is 16.2. The van der Waals surface area contributed by atoms with E-state index in [9.17, 15) is 9.59 Å². The van der Waals surface area contributed by atoms with Crippen LogP contribution in [0.15, 0.2) is 54.6 Å². The van der Waals surface area contributed by atoms with Gasteiger partial charge in [0, 0.05) is 29.2 Å². The minimum atomic E-state index is -0.578. The predicted octanol–water partition coefficient (Wildman–Crippen LogP) is 3.59. The molecule has 7 heteroatoms. The zero-order valence-electron chi connectivity index (χ0n) is 18.5. The highest BCUT2D eigenvalue weighted by Gasteiger charge is 2.44. The fraction of sp³-hybridized carbons (Fsp3) is 0.280. The van der Waals surface area contributed by atoms with E-state index in [0.29, 0.717) is 6.54 Å². The fourth-order valence-corrected chi connectivity index (χ4v) is 4.24. The standard InChI is InChI=1S/C25H27N5O2/c1-15-4-10-20(11-5-15)30-23(31)13-21(25(26)32)24(30)18-6-8-19(9-7-18)27-14-22-28-16(2)12-17(3)29-22/h4-12,21,24,27H,13-14H2,1-3H3,(H2,26,32). The van der Waals surface area contributed by atoms with Crippen LogP contribution < -0.4 is 16.0 Å². The number of carbonyl (C=O) groups is 2. The molecule has 1 aromatic heterocycles. The molecule has 0 radical (unpaired) electrons. The van der Waals surface area contributed by atoms with Crippen LogP contribution in [-0.2, 0) is 16.1 Å². The molecule has 0 saturated carbocycles. The van der Waals surface area contributed by atoms with E-state index in [1.165, 1.54) is 0 Å². The van der Waals surface area contributed by atoms with Gasteiger partial charge in [-0.1, -0.05) is 29.8 Å². The van der Waals surface area contributed by atoms with Gasteiger partial charge in [-0.3, -0.25) is 9.59 Å². The lowest BCUT2D eigenvalue weighted by Gasteiger charge is -2.28. The molecular weight excluding hydrogens is 402 g/mol. The van der Waals surface area contributed by atoms with Crippen molar-refractivity contribution in [3.8, 4) is 0 Å². The van der Waals surface area contributed by atoms with E-state index < -0.39 is 17.9 Å². The van der Waals surface area contributed by atoms with Gasteiger partial charge in [0.2, 0.25) is 11.8 Å². The van der Waals surface area contributed by atoms with Gasteiger partial charge in [0.05, 0.1) is 18.5 Å². The van der Waals surface area contributed by atoms with Crippen molar-refractivity contribution >= 4 is 23.2 Å². The van der Waals surface area contributed by atoms with Gasteiger partial charge in [0.1, 0.15) is 5.82 Å². The quantitative estimate of drug-likeness (QED) is 0.624. The van der Waals surface area contributed by atoms with E-state index in [-0.39, 0.29) is 12.3 Å². The van der Waals surface area contributed by atoms with Crippen LogP contribution in [0.3, 0.4) is 0 Å². The van der Waals surface area contributed by atoms with E-state index in [4.69, 9.17) is 5.73 Å². The van der Waals surface area contributed by atoms with Crippen molar-refractivity contribution in [2.24, 2.45) is 11.7 Å². The zero-order chi connectivity index (χ0) is 22.8. The van der Waals surface area contributed by atoms with Gasteiger partial charge in [0.25, 0.3) is 0 Å². The first-order valence-corrected chi connectivity index (χ1v) is 10.6. The van der Waals surface area contributed by atoms with Gasteiger partial charge < -0.3 is 16.0 Å². The maximum Gasteiger partial charge on any atom is 0.228 e. The monoisotopic (exact) mass is 429 g/mol. The maximum atomic E-state index is 12.8. The molecule has 4 rings (SSSR count). The molecular formula is C25H27N5O2. The van der Waals surface area contributed by atoms with Crippen LogP contribution in [0.5, 0.6) is 0 Å². The molecule has 7 nitrogen and oxygen atoms in total. The van der Waals surface area contributed by atoms with Gasteiger partial charge in [0.15, 0.2) is 0 Å². The highest BCUT2D eigenvalue weighted by molar-refractivity contribution is 6.01. The number of benzene rings is 2. The summed E-state index contributed by atoms with van der Waals surface area (Å²) in [4.78, 5) is 35.6. The molecule has 2 amide bonds. The third kappa shape index (κ3) is 4.46. The molecule has 1 fully saturated rings. The highest BCUT2D eigenvalue weighted by Crippen LogP contribution is 2.41. The predicted molar refractivity (Wildman–Crippen MR) is 124 cm³/mol. The Morgan fingerprint density at radius 3 is 2.25 bits per heavy atom. The summed E-state index contributed by atoms with van der Waals surface area (Å²) in [6.07, 6.45) is 0.109. The van der Waals surface area contributed by atoms with Crippen LogP contribution in [0, 0.1) is 26.7 Å². The van der Waals surface area contributed by atoms with Gasteiger partial charge >= 0.3 is 0 Å². The van der Waals surface area contributed by atoms with E-state index in [1.807, 2.05) is 75.4 Å². The first kappa shape index (κ1) is 21.5. The molecule has 0 aliphatic carbocycles. The molecule has 32 heavy (non-hydrogen) atoms. The lowest BCUT2D eigenvalue weighted by molar-refractivity contribution is -0.124. The summed E-state index contributed by atoms with van der Waals surface area (Å²) in [5.41, 5.74) is 11.2. The topological polar surface area (TPSA) is 101 Å². The van der Waals surface area contributed by atoms with Crippen molar-refractivity contribution in [1.82, 2.24) is 9.97 Å². The van der Waals surface area contributed by atoms with Crippen LogP contribution in [0.25, 0.3) is 0 Å². The molecule has 1 aliphatic heterocycles. The van der Waals surface area contributed by atoms with Crippen molar-refractivity contribution in [3.63, 3.8) is 0 Å². The SMILES string of the molecule is Cc1ccc(N2C(=O)CC(C(N)=O)C2c2ccc(NCc3nc(C)cc(C)n3)cc2)cc1. The molecule has 3 aromatic rings. The van der Waals surface area contributed by atoms with Crippen molar-refractivity contribution in [3.05, 3.63) is 82.9 Å². The van der Waals surface area contributed by atoms with Crippen molar-refractivity contribution in [2.75, 3.05) is 10.2 Å². The Hall–Kier alpha value is -3.74. The van der Waals surface area contributed by atoms with Crippen LogP contribution in [0.4, 0.5) is 11.4 Å². The summed E-state index contributed by atoms with van der Waals surface area (Å²) >= 11 is 0. The van der Waals surface area contributed by atoms with Gasteiger partial charge in [-0.15, -0.1) is 0 Å². The summed E-state index contributed by atoms with van der Waals surface area (Å²) in [6.45, 7) is 6.40. The molecule has 2 unspecified atom stereocenters. The maximum absolute atomic E-state index is 12.8. The molecule has 0 spiro atoms. The van der Waals surface area contributed by atoms with Crippen molar-refractivity contribution in [2.45, 2.75) is 39.8 Å². The summed E-state index contributed by atoms with van der Waals surface area (Å²) in [5.74, 6) is -0.414. The Labute approximate surface area is 187 Å². The third-order valence-electron chi connectivity index (χ3n) is 5.73. The molecule has 2 atom stereocenters. The summed E-state index contributed by atoms with van der Waals surface area (Å²) < 4.78 is 0. The number of hydrogen-bond donors (Lipinski definition) is 2. The second kappa shape index (κ2) is 8.78. The minimum absolute atomic E-state index is 0.100. The van der Waals surface area contributed by atoms with Gasteiger partial charge in [-0.2, -0.15) is 0 Å². The number of anilines is 2. The molecule has 2 heterocycles. The number of nitrogens with one attached hydrogen (secondary N) is 1. The minimum Gasteiger partial charge on any atom is -0.378 e. The number of aryl methyl sites for hydroxylation is 3. The molecule has 1 saturated heterocycles. The third-order valence-corrected chi connectivity index (χ3v) is 5.73. The number of aromatic nitrogens is 2. The molecule has 1 aliphatic rings. The second-order valence-electron chi connectivity index (χ2n) is 8.30. The second-order valence-corrected chi connectivity index (χ2v) is 8.30. The Bertz CT molecular complexity index is 1120. The summed E-state index contributed by atoms with van der Waals surface area (Å²) in [5, 5.41) is 3.33. The zero-order valence-corrected chi connectivity index (χ0v) is 18.5. The molecule has 2 aromatic carbocycles. The lowest BCUT2D eigenvalue weighted by Crippen LogP contribution is -2.32.